The Labute approximate surface area is 157 Å². The molecule has 132 valence electrons. The van der Waals surface area contributed by atoms with E-state index in [1.165, 1.54) is 11.3 Å². The number of nitrogens with one attached hydrogen (secondary N) is 1. The maximum atomic E-state index is 12.5. The summed E-state index contributed by atoms with van der Waals surface area (Å²) in [4.78, 5) is 6.46. The predicted octanol–water partition coefficient (Wildman–Crippen LogP) is 1.81. The van der Waals surface area contributed by atoms with Crippen LogP contribution in [0.4, 0.5) is 5.82 Å². The quantitative estimate of drug-likeness (QED) is 0.662. The first-order valence-corrected chi connectivity index (χ1v) is 10.7. The Hall–Kier alpha value is -1.56. The summed E-state index contributed by atoms with van der Waals surface area (Å²) in [5, 5.41) is 8.26. The summed E-state index contributed by atoms with van der Waals surface area (Å²) in [7, 11) is -3.51. The number of halogens is 1. The fourth-order valence-corrected chi connectivity index (χ4v) is 6.21. The third-order valence-corrected chi connectivity index (χ3v) is 7.74. The molecular weight excluding hydrogens is 428 g/mol. The van der Waals surface area contributed by atoms with E-state index >= 15 is 0 Å². The third kappa shape index (κ3) is 3.16. The van der Waals surface area contributed by atoms with Crippen LogP contribution in [0.1, 0.15) is 12.2 Å². The van der Waals surface area contributed by atoms with Gasteiger partial charge in [-0.25, -0.2) is 18.1 Å². The number of hydrogen-bond acceptors (Lipinski definition) is 7. The second-order valence-corrected chi connectivity index (χ2v) is 10.2. The van der Waals surface area contributed by atoms with Gasteiger partial charge in [0.05, 0.1) is 3.79 Å². The van der Waals surface area contributed by atoms with Crippen molar-refractivity contribution < 1.29 is 8.42 Å². The number of anilines is 1. The normalized spacial score (nSPS) is 18.3. The molecule has 1 saturated heterocycles. The molecule has 1 aliphatic heterocycles. The van der Waals surface area contributed by atoms with Gasteiger partial charge in [-0.15, -0.1) is 21.5 Å². The van der Waals surface area contributed by atoms with Crippen LogP contribution in [0.15, 0.2) is 32.5 Å². The first kappa shape index (κ1) is 16.9. The molecule has 0 amide bonds. The van der Waals surface area contributed by atoms with Crippen molar-refractivity contribution >= 4 is 48.8 Å². The van der Waals surface area contributed by atoms with Crippen molar-refractivity contribution in [2.45, 2.75) is 23.6 Å². The minimum absolute atomic E-state index is 0.169. The number of hydrogen-bond donors (Lipinski definition) is 1. The Balaban J connectivity index is 1.53. The third-order valence-electron chi connectivity index (χ3n) is 4.10. The van der Waals surface area contributed by atoms with Crippen molar-refractivity contribution in [1.29, 1.82) is 0 Å². The van der Waals surface area contributed by atoms with E-state index in [9.17, 15) is 8.42 Å². The number of nitrogens with zero attached hydrogens (tertiary/aromatic N) is 5. The zero-order chi connectivity index (χ0) is 17.6. The topological polar surface area (TPSA) is 92.5 Å². The highest BCUT2D eigenvalue weighted by atomic mass is 79.9. The monoisotopic (exact) mass is 442 g/mol. The van der Waals surface area contributed by atoms with Crippen LogP contribution in [-0.4, -0.2) is 47.1 Å². The highest BCUT2D eigenvalue weighted by Crippen LogP contribution is 2.27. The molecular formula is C14H15BrN6O2S2. The zero-order valence-corrected chi connectivity index (χ0v) is 16.5. The average Bonchev–Trinajstić information content (AvgIpc) is 3.28. The molecule has 4 rings (SSSR count). The molecule has 1 atom stereocenters. The first-order valence-electron chi connectivity index (χ1n) is 7.63. The highest BCUT2D eigenvalue weighted by molar-refractivity contribution is 9.11. The molecule has 0 unspecified atom stereocenters. The zero-order valence-electron chi connectivity index (χ0n) is 13.3. The molecule has 0 bridgehead atoms. The molecule has 8 nitrogen and oxygen atoms in total. The molecule has 25 heavy (non-hydrogen) atoms. The van der Waals surface area contributed by atoms with E-state index in [2.05, 4.69) is 35.8 Å². The van der Waals surface area contributed by atoms with E-state index < -0.39 is 10.0 Å². The number of rotatable bonds is 4. The lowest BCUT2D eigenvalue weighted by Gasteiger charge is -2.18. The Morgan fingerprint density at radius 1 is 1.36 bits per heavy atom. The lowest BCUT2D eigenvalue weighted by atomic mass is 10.3. The second kappa shape index (κ2) is 6.31. The molecule has 3 aromatic rings. The van der Waals surface area contributed by atoms with Crippen molar-refractivity contribution in [2.75, 3.05) is 18.0 Å². The minimum Gasteiger partial charge on any atom is -0.352 e. The SMILES string of the molecule is Cc1nnc2c(N3CC[C@H](NS(=O)(=O)c4ccc(Br)s4)C3)nccn12. The molecule has 11 heteroatoms. The Morgan fingerprint density at radius 2 is 2.20 bits per heavy atom. The molecule has 0 aromatic carbocycles. The molecule has 4 heterocycles. The summed E-state index contributed by atoms with van der Waals surface area (Å²) >= 11 is 4.50. The van der Waals surface area contributed by atoms with Crippen molar-refractivity contribution in [3.63, 3.8) is 0 Å². The first-order chi connectivity index (χ1) is 11.9. The number of aromatic nitrogens is 4. The van der Waals surface area contributed by atoms with Crippen LogP contribution in [0.2, 0.25) is 0 Å². The van der Waals surface area contributed by atoms with E-state index in [4.69, 9.17) is 0 Å². The molecule has 0 saturated carbocycles. The van der Waals surface area contributed by atoms with Crippen LogP contribution in [0.3, 0.4) is 0 Å². The van der Waals surface area contributed by atoms with Gasteiger partial charge < -0.3 is 4.90 Å². The number of sulfonamides is 1. The van der Waals surface area contributed by atoms with E-state index in [-0.39, 0.29) is 6.04 Å². The van der Waals surface area contributed by atoms with Gasteiger partial charge in [-0.2, -0.15) is 0 Å². The van der Waals surface area contributed by atoms with Gasteiger partial charge in [0.1, 0.15) is 10.0 Å². The molecule has 1 aliphatic rings. The Morgan fingerprint density at radius 3 is 2.96 bits per heavy atom. The van der Waals surface area contributed by atoms with E-state index in [0.717, 1.165) is 15.4 Å². The Bertz CT molecular complexity index is 1030. The van der Waals surface area contributed by atoms with E-state index in [0.29, 0.717) is 29.4 Å². The molecule has 0 radical (unpaired) electrons. The lowest BCUT2D eigenvalue weighted by Crippen LogP contribution is -2.37. The van der Waals surface area contributed by atoms with Gasteiger partial charge in [-0.3, -0.25) is 4.40 Å². The molecule has 0 spiro atoms. The molecule has 1 fully saturated rings. The summed E-state index contributed by atoms with van der Waals surface area (Å²) < 4.78 is 30.7. The second-order valence-electron chi connectivity index (χ2n) is 5.80. The average molecular weight is 443 g/mol. The maximum Gasteiger partial charge on any atom is 0.250 e. The fraction of sp³-hybridized carbons (Fsp3) is 0.357. The van der Waals surface area contributed by atoms with E-state index in [1.54, 1.807) is 18.3 Å². The number of aryl methyl sites for hydroxylation is 1. The van der Waals surface area contributed by atoms with Gasteiger partial charge in [0, 0.05) is 31.5 Å². The van der Waals surface area contributed by atoms with Crippen LogP contribution >= 0.6 is 27.3 Å². The van der Waals surface area contributed by atoms with Crippen LogP contribution < -0.4 is 9.62 Å². The fourth-order valence-electron chi connectivity index (χ4n) is 2.92. The standard InChI is InChI=1S/C14H15BrN6O2S2/c1-9-17-18-14-13(16-5-7-21(9)14)20-6-4-10(8-20)19-25(22,23)12-3-2-11(15)24-12/h2-3,5,7,10,19H,4,6,8H2,1H3/t10-/m0/s1. The summed E-state index contributed by atoms with van der Waals surface area (Å²) in [5.41, 5.74) is 0.686. The molecule has 3 aromatic heterocycles. The molecule has 1 N–H and O–H groups in total. The van der Waals surface area contributed by atoms with Crippen LogP contribution in [-0.2, 0) is 10.0 Å². The van der Waals surface area contributed by atoms with Gasteiger partial charge in [-0.1, -0.05) is 0 Å². The van der Waals surface area contributed by atoms with Crippen LogP contribution in [0, 0.1) is 6.92 Å². The Kier molecular flexibility index (Phi) is 4.26. The summed E-state index contributed by atoms with van der Waals surface area (Å²) in [6.07, 6.45) is 4.24. The largest absolute Gasteiger partial charge is 0.352 e. The summed E-state index contributed by atoms with van der Waals surface area (Å²) in [6, 6.07) is 3.17. The number of thiophene rings is 1. The van der Waals surface area contributed by atoms with E-state index in [1.807, 2.05) is 22.4 Å². The van der Waals surface area contributed by atoms with Gasteiger partial charge in [-0.05, 0) is 41.4 Å². The predicted molar refractivity (Wildman–Crippen MR) is 98.5 cm³/mol. The van der Waals surface area contributed by atoms with Crippen molar-refractivity contribution in [2.24, 2.45) is 0 Å². The lowest BCUT2D eigenvalue weighted by molar-refractivity contribution is 0.563. The van der Waals surface area contributed by atoms with Gasteiger partial charge in [0.15, 0.2) is 5.82 Å². The van der Waals surface area contributed by atoms with Crippen LogP contribution in [0.25, 0.3) is 5.65 Å². The van der Waals surface area contributed by atoms with Gasteiger partial charge >= 0.3 is 0 Å². The van der Waals surface area contributed by atoms with Crippen molar-refractivity contribution in [3.8, 4) is 0 Å². The van der Waals surface area contributed by atoms with Crippen molar-refractivity contribution in [1.82, 2.24) is 24.3 Å². The minimum atomic E-state index is -3.51. The van der Waals surface area contributed by atoms with Gasteiger partial charge in [0.2, 0.25) is 15.7 Å². The smallest absolute Gasteiger partial charge is 0.250 e. The van der Waals surface area contributed by atoms with Crippen molar-refractivity contribution in [3.05, 3.63) is 34.1 Å². The summed E-state index contributed by atoms with van der Waals surface area (Å²) in [5.74, 6) is 1.52. The maximum absolute atomic E-state index is 12.5. The highest BCUT2D eigenvalue weighted by Gasteiger charge is 2.30. The van der Waals surface area contributed by atoms with Crippen LogP contribution in [0.5, 0.6) is 0 Å². The number of fused-ring (bicyclic) bond motifs is 1. The van der Waals surface area contributed by atoms with Gasteiger partial charge in [0.25, 0.3) is 0 Å². The summed E-state index contributed by atoms with van der Waals surface area (Å²) in [6.45, 7) is 3.13. The molecule has 0 aliphatic carbocycles.